The van der Waals surface area contributed by atoms with Gasteiger partial charge < -0.3 is 14.6 Å². The SMILES string of the molecule is CCNC(=NCCc1ccco1)N1CCC2(CCCCC2)C1.I. The van der Waals surface area contributed by atoms with Crippen molar-refractivity contribution in [2.45, 2.75) is 51.9 Å². The van der Waals surface area contributed by atoms with Gasteiger partial charge in [0, 0.05) is 32.6 Å². The van der Waals surface area contributed by atoms with Crippen LogP contribution in [0.1, 0.15) is 51.2 Å². The van der Waals surface area contributed by atoms with Crippen LogP contribution in [-0.2, 0) is 6.42 Å². The maximum atomic E-state index is 5.39. The van der Waals surface area contributed by atoms with E-state index in [2.05, 4.69) is 17.1 Å². The second-order valence-corrected chi connectivity index (χ2v) is 6.80. The molecular formula is C18H30IN3O. The number of aliphatic imine (C=N–C) groups is 1. The molecule has 1 N–H and O–H groups in total. The van der Waals surface area contributed by atoms with Gasteiger partial charge in [-0.3, -0.25) is 4.99 Å². The molecule has 1 aliphatic carbocycles. The number of furan rings is 1. The average molecular weight is 431 g/mol. The van der Waals surface area contributed by atoms with Crippen molar-refractivity contribution in [3.63, 3.8) is 0 Å². The Morgan fingerprint density at radius 3 is 2.83 bits per heavy atom. The molecule has 3 rings (SSSR count). The maximum Gasteiger partial charge on any atom is 0.193 e. The van der Waals surface area contributed by atoms with Gasteiger partial charge in [0.15, 0.2) is 5.96 Å². The summed E-state index contributed by atoms with van der Waals surface area (Å²) in [6.45, 7) is 6.23. The molecule has 23 heavy (non-hydrogen) atoms. The Labute approximate surface area is 157 Å². The summed E-state index contributed by atoms with van der Waals surface area (Å²) < 4.78 is 5.39. The van der Waals surface area contributed by atoms with E-state index in [1.54, 1.807) is 6.26 Å². The van der Waals surface area contributed by atoms with Crippen LogP contribution in [0, 0.1) is 5.41 Å². The lowest BCUT2D eigenvalue weighted by molar-refractivity contribution is 0.203. The van der Waals surface area contributed by atoms with Crippen molar-refractivity contribution >= 4 is 29.9 Å². The van der Waals surface area contributed by atoms with Crippen LogP contribution in [0.25, 0.3) is 0 Å². The van der Waals surface area contributed by atoms with Gasteiger partial charge in [0.1, 0.15) is 5.76 Å². The van der Waals surface area contributed by atoms with Crippen LogP contribution in [0.3, 0.4) is 0 Å². The van der Waals surface area contributed by atoms with Gasteiger partial charge in [0.2, 0.25) is 0 Å². The highest BCUT2D eigenvalue weighted by Crippen LogP contribution is 2.43. The largest absolute Gasteiger partial charge is 0.469 e. The van der Waals surface area contributed by atoms with Gasteiger partial charge in [-0.2, -0.15) is 0 Å². The van der Waals surface area contributed by atoms with Crippen LogP contribution in [0.2, 0.25) is 0 Å². The van der Waals surface area contributed by atoms with E-state index in [1.165, 1.54) is 45.1 Å². The maximum absolute atomic E-state index is 5.39. The van der Waals surface area contributed by atoms with Crippen LogP contribution >= 0.6 is 24.0 Å². The summed E-state index contributed by atoms with van der Waals surface area (Å²) in [7, 11) is 0. The molecule has 1 spiro atoms. The third-order valence-electron chi connectivity index (χ3n) is 5.19. The highest BCUT2D eigenvalue weighted by Gasteiger charge is 2.39. The fourth-order valence-corrected chi connectivity index (χ4v) is 3.98. The quantitative estimate of drug-likeness (QED) is 0.444. The molecule has 1 saturated carbocycles. The van der Waals surface area contributed by atoms with Gasteiger partial charge >= 0.3 is 0 Å². The zero-order valence-electron chi connectivity index (χ0n) is 14.2. The standard InChI is InChI=1S/C18H29N3O.HI/c1-2-19-17(20-12-8-16-7-6-14-22-16)21-13-11-18(15-21)9-4-3-5-10-18;/h6-7,14H,2-5,8-13,15H2,1H3,(H,19,20);1H. The van der Waals surface area contributed by atoms with E-state index < -0.39 is 0 Å². The molecule has 0 radical (unpaired) electrons. The average Bonchev–Trinajstić information content (AvgIpc) is 3.18. The molecular weight excluding hydrogens is 401 g/mol. The van der Waals surface area contributed by atoms with E-state index in [0.717, 1.165) is 37.8 Å². The second-order valence-electron chi connectivity index (χ2n) is 6.80. The summed E-state index contributed by atoms with van der Waals surface area (Å²) in [5.41, 5.74) is 0.579. The molecule has 1 aromatic rings. The predicted octanol–water partition coefficient (Wildman–Crippen LogP) is 4.06. The predicted molar refractivity (Wildman–Crippen MR) is 106 cm³/mol. The van der Waals surface area contributed by atoms with E-state index in [-0.39, 0.29) is 24.0 Å². The summed E-state index contributed by atoms with van der Waals surface area (Å²) in [5.74, 6) is 2.11. The monoisotopic (exact) mass is 431 g/mol. The van der Waals surface area contributed by atoms with Crippen LogP contribution in [0.15, 0.2) is 27.8 Å². The molecule has 0 bridgehead atoms. The number of halogens is 1. The normalized spacial score (nSPS) is 20.6. The van der Waals surface area contributed by atoms with Gasteiger partial charge in [0.25, 0.3) is 0 Å². The van der Waals surface area contributed by atoms with E-state index in [4.69, 9.17) is 9.41 Å². The molecule has 2 fully saturated rings. The lowest BCUT2D eigenvalue weighted by atomic mass is 9.73. The molecule has 0 unspecified atom stereocenters. The zero-order valence-corrected chi connectivity index (χ0v) is 16.6. The van der Waals surface area contributed by atoms with Gasteiger partial charge in [-0.25, -0.2) is 0 Å². The molecule has 1 aliphatic heterocycles. The van der Waals surface area contributed by atoms with Crippen LogP contribution in [-0.4, -0.2) is 37.0 Å². The van der Waals surface area contributed by atoms with Gasteiger partial charge in [0.05, 0.1) is 6.26 Å². The fraction of sp³-hybridized carbons (Fsp3) is 0.722. The molecule has 0 amide bonds. The lowest BCUT2D eigenvalue weighted by Gasteiger charge is -2.33. The van der Waals surface area contributed by atoms with Crippen LogP contribution in [0.4, 0.5) is 0 Å². The molecule has 5 heteroatoms. The molecule has 2 heterocycles. The number of nitrogens with one attached hydrogen (secondary N) is 1. The Hall–Kier alpha value is -0.720. The minimum Gasteiger partial charge on any atom is -0.469 e. The first-order valence-electron chi connectivity index (χ1n) is 8.87. The zero-order chi connectivity index (χ0) is 15.3. The molecule has 1 aromatic heterocycles. The summed E-state index contributed by atoms with van der Waals surface area (Å²) in [6.07, 6.45) is 11.0. The first kappa shape index (κ1) is 18.6. The number of hydrogen-bond acceptors (Lipinski definition) is 2. The van der Waals surface area contributed by atoms with Crippen LogP contribution in [0.5, 0.6) is 0 Å². The summed E-state index contributed by atoms with van der Waals surface area (Å²) in [6, 6.07) is 3.97. The number of rotatable bonds is 4. The summed E-state index contributed by atoms with van der Waals surface area (Å²) in [4.78, 5) is 7.30. The number of nitrogens with zero attached hydrogens (tertiary/aromatic N) is 2. The van der Waals surface area contributed by atoms with E-state index in [9.17, 15) is 0 Å². The van der Waals surface area contributed by atoms with E-state index in [1.807, 2.05) is 12.1 Å². The minimum atomic E-state index is 0. The first-order chi connectivity index (χ1) is 10.8. The number of hydrogen-bond donors (Lipinski definition) is 1. The molecule has 2 aliphatic rings. The molecule has 1 saturated heterocycles. The molecule has 0 aromatic carbocycles. The Morgan fingerprint density at radius 1 is 1.30 bits per heavy atom. The molecule has 130 valence electrons. The third kappa shape index (κ3) is 4.88. The highest BCUT2D eigenvalue weighted by molar-refractivity contribution is 14.0. The highest BCUT2D eigenvalue weighted by atomic mass is 127. The van der Waals surface area contributed by atoms with Crippen molar-refractivity contribution in [3.05, 3.63) is 24.2 Å². The summed E-state index contributed by atoms with van der Waals surface area (Å²) in [5, 5.41) is 3.47. The Morgan fingerprint density at radius 2 is 2.13 bits per heavy atom. The smallest absolute Gasteiger partial charge is 0.193 e. The molecule has 4 nitrogen and oxygen atoms in total. The van der Waals surface area contributed by atoms with Crippen molar-refractivity contribution < 1.29 is 4.42 Å². The van der Waals surface area contributed by atoms with E-state index >= 15 is 0 Å². The van der Waals surface area contributed by atoms with E-state index in [0.29, 0.717) is 5.41 Å². The number of guanidine groups is 1. The van der Waals surface area contributed by atoms with Gasteiger partial charge in [-0.1, -0.05) is 19.3 Å². The van der Waals surface area contributed by atoms with Crippen molar-refractivity contribution in [1.29, 1.82) is 0 Å². The molecule has 0 atom stereocenters. The lowest BCUT2D eigenvalue weighted by Crippen LogP contribution is -2.41. The third-order valence-corrected chi connectivity index (χ3v) is 5.19. The Kier molecular flexibility index (Phi) is 7.24. The van der Waals surface area contributed by atoms with Crippen LogP contribution < -0.4 is 5.32 Å². The first-order valence-corrected chi connectivity index (χ1v) is 8.87. The van der Waals surface area contributed by atoms with Crippen molar-refractivity contribution in [1.82, 2.24) is 10.2 Å². The van der Waals surface area contributed by atoms with Crippen molar-refractivity contribution in [3.8, 4) is 0 Å². The van der Waals surface area contributed by atoms with Crippen molar-refractivity contribution in [2.75, 3.05) is 26.2 Å². The number of likely N-dealkylation sites (tertiary alicyclic amines) is 1. The fourth-order valence-electron chi connectivity index (χ4n) is 3.98. The second kappa shape index (κ2) is 8.94. The summed E-state index contributed by atoms with van der Waals surface area (Å²) >= 11 is 0. The van der Waals surface area contributed by atoms with Crippen molar-refractivity contribution in [2.24, 2.45) is 10.4 Å². The minimum absolute atomic E-state index is 0. The van der Waals surface area contributed by atoms with Gasteiger partial charge in [-0.05, 0) is 43.7 Å². The Balaban J connectivity index is 0.00000192. The van der Waals surface area contributed by atoms with Gasteiger partial charge in [-0.15, -0.1) is 24.0 Å². The topological polar surface area (TPSA) is 40.8 Å². The Bertz CT molecular complexity index is 480.